The van der Waals surface area contributed by atoms with Crippen molar-refractivity contribution in [3.8, 4) is 23.7 Å². The summed E-state index contributed by atoms with van der Waals surface area (Å²) in [5, 5.41) is 9.31. The fourth-order valence-electron chi connectivity index (χ4n) is 9.65. The van der Waals surface area contributed by atoms with Gasteiger partial charge in [-0.3, -0.25) is 9.69 Å². The summed E-state index contributed by atoms with van der Waals surface area (Å²) in [6, 6.07) is 12.1. The molecule has 2 saturated heterocycles. The van der Waals surface area contributed by atoms with Crippen molar-refractivity contribution in [3.05, 3.63) is 58.4 Å². The Labute approximate surface area is 290 Å². The summed E-state index contributed by atoms with van der Waals surface area (Å²) in [5.41, 5.74) is 2.67. The van der Waals surface area contributed by atoms with Crippen molar-refractivity contribution >= 4 is 12.0 Å². The highest BCUT2D eigenvalue weighted by molar-refractivity contribution is 5.98. The third kappa shape index (κ3) is 5.95. The molecule has 4 fully saturated rings. The average Bonchev–Trinajstić information content (AvgIpc) is 3.66. The Hall–Kier alpha value is -4.08. The number of hydrogen-bond acceptors (Lipinski definition) is 7. The monoisotopic (exact) mass is 663 g/mol. The van der Waals surface area contributed by atoms with Gasteiger partial charge in [0, 0.05) is 55.0 Å². The summed E-state index contributed by atoms with van der Waals surface area (Å²) in [4.78, 5) is 37.6. The van der Waals surface area contributed by atoms with Crippen LogP contribution in [0.2, 0.25) is 0 Å². The van der Waals surface area contributed by atoms with Crippen LogP contribution in [0.4, 0.5) is 4.79 Å². The Morgan fingerprint density at radius 1 is 1.00 bits per heavy atom. The summed E-state index contributed by atoms with van der Waals surface area (Å²) in [5.74, 6) is 8.96. The molecule has 0 radical (unpaired) electrons. The maximum atomic E-state index is 13.7. The lowest BCUT2D eigenvalue weighted by Crippen LogP contribution is -2.74. The van der Waals surface area contributed by atoms with Crippen LogP contribution >= 0.6 is 0 Å². The number of aryl methyl sites for hydroxylation is 1. The van der Waals surface area contributed by atoms with E-state index in [0.717, 1.165) is 61.7 Å². The number of carbonyl (C=O) groups excluding carboxylic acids is 2. The minimum Gasteiger partial charge on any atom is -0.489 e. The van der Waals surface area contributed by atoms with Crippen LogP contribution in [-0.4, -0.2) is 81.7 Å². The number of rotatable bonds is 4. The zero-order chi connectivity index (χ0) is 35.0. The predicted octanol–water partition coefficient (Wildman–Crippen LogP) is 6.03. The molecule has 1 aromatic carbocycles. The molecule has 5 aliphatic rings. The van der Waals surface area contributed by atoms with Crippen molar-refractivity contribution in [1.29, 1.82) is 5.26 Å². The van der Waals surface area contributed by atoms with Gasteiger partial charge in [0.2, 0.25) is 0 Å². The zero-order valence-electron chi connectivity index (χ0n) is 30.2. The summed E-state index contributed by atoms with van der Waals surface area (Å²) < 4.78 is 12.1. The number of ether oxygens (including phenoxy) is 2. The van der Waals surface area contributed by atoms with Crippen LogP contribution in [0.1, 0.15) is 94.2 Å². The largest absolute Gasteiger partial charge is 0.489 e. The Bertz CT molecular complexity index is 1760. The Kier molecular flexibility index (Phi) is 8.03. The van der Waals surface area contributed by atoms with Crippen LogP contribution in [0.3, 0.4) is 0 Å². The SMILES string of the molecule is Cc1cc(OC2C(C)(C)C(N3Cc4nc(C#CC5CC(N6CC7CN(C(=O)OC(C)(C)C)CC7C6)C5)ccc4C3=O)C2(C)C)ccc1C#N. The molecule has 3 aliphatic heterocycles. The number of hydrogen-bond donors (Lipinski definition) is 0. The van der Waals surface area contributed by atoms with Crippen molar-refractivity contribution in [3.63, 3.8) is 0 Å². The maximum Gasteiger partial charge on any atom is 0.410 e. The molecule has 7 rings (SSSR count). The van der Waals surface area contributed by atoms with Gasteiger partial charge in [-0.1, -0.05) is 33.6 Å². The molecule has 2 amide bonds. The number of aromatic nitrogens is 1. The van der Waals surface area contributed by atoms with Crippen LogP contribution in [0.15, 0.2) is 30.3 Å². The van der Waals surface area contributed by atoms with Crippen LogP contribution in [-0.2, 0) is 11.3 Å². The third-order valence-electron chi connectivity index (χ3n) is 11.6. The predicted molar refractivity (Wildman–Crippen MR) is 186 cm³/mol. The average molecular weight is 664 g/mol. The molecule has 258 valence electrons. The molecular formula is C40H49N5O4. The zero-order valence-corrected chi connectivity index (χ0v) is 30.2. The van der Waals surface area contributed by atoms with E-state index in [-0.39, 0.29) is 35.0 Å². The van der Waals surface area contributed by atoms with E-state index in [4.69, 9.17) is 14.5 Å². The van der Waals surface area contributed by atoms with Crippen molar-refractivity contribution < 1.29 is 19.1 Å². The van der Waals surface area contributed by atoms with Gasteiger partial charge in [0.15, 0.2) is 0 Å². The van der Waals surface area contributed by atoms with Crippen LogP contribution in [0.5, 0.6) is 5.75 Å². The number of amides is 2. The molecular weight excluding hydrogens is 614 g/mol. The van der Waals surface area contributed by atoms with Gasteiger partial charge < -0.3 is 19.3 Å². The maximum absolute atomic E-state index is 13.7. The van der Waals surface area contributed by atoms with E-state index in [1.165, 1.54) is 0 Å². The number of pyridine rings is 1. The molecule has 0 N–H and O–H groups in total. The molecule has 2 atom stereocenters. The first-order valence-electron chi connectivity index (χ1n) is 17.8. The highest BCUT2D eigenvalue weighted by atomic mass is 16.6. The standard InChI is InChI=1S/C40H49N5O4/c1-24-15-31(13-10-26(24)18-41)48-36-39(5,6)35(40(36,7)8)45-23-33-32(34(45)46)14-12-29(42-33)11-9-25-16-30(17-25)43-19-27-21-44(22-28(27)20-43)37(47)49-38(2,3)4/h10,12-15,25,27-28,30,35-36H,16-17,19-23H2,1-8H3. The van der Waals surface area contributed by atoms with E-state index in [1.807, 2.05) is 61.8 Å². The Morgan fingerprint density at radius 2 is 1.67 bits per heavy atom. The van der Waals surface area contributed by atoms with E-state index in [1.54, 1.807) is 6.07 Å². The number of nitrogens with zero attached hydrogens (tertiary/aromatic N) is 5. The minimum absolute atomic E-state index is 0.0206. The molecule has 0 bridgehead atoms. The van der Waals surface area contributed by atoms with Crippen molar-refractivity contribution in [2.75, 3.05) is 26.2 Å². The molecule has 1 aromatic heterocycles. The molecule has 2 aliphatic carbocycles. The number of likely N-dealkylation sites (tertiary alicyclic amines) is 2. The lowest BCUT2D eigenvalue weighted by atomic mass is 9.49. The van der Waals surface area contributed by atoms with Crippen molar-refractivity contribution in [1.82, 2.24) is 19.7 Å². The second kappa shape index (κ2) is 11.8. The molecule has 2 saturated carbocycles. The number of fused-ring (bicyclic) bond motifs is 2. The van der Waals surface area contributed by atoms with Crippen LogP contribution < -0.4 is 4.74 Å². The molecule has 4 heterocycles. The number of benzene rings is 1. The Morgan fingerprint density at radius 3 is 2.29 bits per heavy atom. The van der Waals surface area contributed by atoms with E-state index in [0.29, 0.717) is 41.5 Å². The first-order valence-corrected chi connectivity index (χ1v) is 17.8. The molecule has 2 unspecified atom stereocenters. The van der Waals surface area contributed by atoms with E-state index in [2.05, 4.69) is 50.5 Å². The van der Waals surface area contributed by atoms with E-state index >= 15 is 0 Å². The van der Waals surface area contributed by atoms with E-state index in [9.17, 15) is 14.9 Å². The van der Waals surface area contributed by atoms with Gasteiger partial charge in [0.05, 0.1) is 29.4 Å². The first kappa shape index (κ1) is 33.4. The Balaban J connectivity index is 0.931. The highest BCUT2D eigenvalue weighted by Gasteiger charge is 2.67. The lowest BCUT2D eigenvalue weighted by Gasteiger charge is -2.65. The highest BCUT2D eigenvalue weighted by Crippen LogP contribution is 2.59. The van der Waals surface area contributed by atoms with Gasteiger partial charge in [-0.05, 0) is 94.2 Å². The van der Waals surface area contributed by atoms with Gasteiger partial charge in [-0.15, -0.1) is 0 Å². The second-order valence-corrected chi connectivity index (χ2v) is 17.2. The molecule has 9 heteroatoms. The van der Waals surface area contributed by atoms with Crippen LogP contribution in [0, 0.1) is 58.7 Å². The van der Waals surface area contributed by atoms with Gasteiger partial charge in [0.25, 0.3) is 5.91 Å². The van der Waals surface area contributed by atoms with Crippen LogP contribution in [0.25, 0.3) is 0 Å². The third-order valence-corrected chi connectivity index (χ3v) is 11.6. The first-order chi connectivity index (χ1) is 23.0. The smallest absolute Gasteiger partial charge is 0.410 e. The topological polar surface area (TPSA) is 99.0 Å². The summed E-state index contributed by atoms with van der Waals surface area (Å²) in [6.07, 6.45) is 1.84. The molecule has 2 aromatic rings. The summed E-state index contributed by atoms with van der Waals surface area (Å²) >= 11 is 0. The fraction of sp³-hybridized carbons (Fsp3) is 0.600. The normalized spacial score (nSPS) is 29.6. The quantitative estimate of drug-likeness (QED) is 0.369. The van der Waals surface area contributed by atoms with Gasteiger partial charge in [-0.2, -0.15) is 5.26 Å². The van der Waals surface area contributed by atoms with Gasteiger partial charge in [-0.25, -0.2) is 9.78 Å². The molecule has 0 spiro atoms. The van der Waals surface area contributed by atoms with Crippen molar-refractivity contribution in [2.45, 2.75) is 98.6 Å². The number of carbonyl (C=O) groups is 2. The molecule has 49 heavy (non-hydrogen) atoms. The minimum atomic E-state index is -0.463. The summed E-state index contributed by atoms with van der Waals surface area (Å²) in [7, 11) is 0. The van der Waals surface area contributed by atoms with Gasteiger partial charge in [0.1, 0.15) is 23.1 Å². The number of nitriles is 1. The molecule has 9 nitrogen and oxygen atoms in total. The van der Waals surface area contributed by atoms with Crippen molar-refractivity contribution in [2.24, 2.45) is 28.6 Å². The van der Waals surface area contributed by atoms with E-state index < -0.39 is 5.60 Å². The lowest BCUT2D eigenvalue weighted by molar-refractivity contribution is -0.199. The second-order valence-electron chi connectivity index (χ2n) is 17.2. The van der Waals surface area contributed by atoms with Gasteiger partial charge >= 0.3 is 6.09 Å². The fourth-order valence-corrected chi connectivity index (χ4v) is 9.65. The summed E-state index contributed by atoms with van der Waals surface area (Å²) in [6.45, 7) is 20.5.